The Hall–Kier alpha value is -2.43. The van der Waals surface area contributed by atoms with E-state index in [1.807, 2.05) is 47.7 Å². The Morgan fingerprint density at radius 2 is 1.54 bits per heavy atom. The molecule has 0 unspecified atom stereocenters. The molecule has 2 aromatic rings. The highest BCUT2D eigenvalue weighted by molar-refractivity contribution is 5.93. The molecule has 5 heteroatoms. The molecular formula is C19H24N2O3. The average molecular weight is 328 g/mol. The van der Waals surface area contributed by atoms with E-state index in [0.29, 0.717) is 13.1 Å². The SMILES string of the molecule is COc1cc2c(cc1OC)CCN(C(=O)c1ccc(C)n1C)CC2. The molecule has 3 rings (SSSR count). The third-order valence-electron chi connectivity index (χ3n) is 4.89. The van der Waals surface area contributed by atoms with Crippen molar-refractivity contribution < 1.29 is 14.3 Å². The van der Waals surface area contributed by atoms with Crippen molar-refractivity contribution in [2.45, 2.75) is 19.8 Å². The van der Waals surface area contributed by atoms with Gasteiger partial charge in [0, 0.05) is 25.8 Å². The number of hydrogen-bond donors (Lipinski definition) is 0. The average Bonchev–Trinajstić information content (AvgIpc) is 2.81. The molecule has 1 aliphatic rings. The zero-order valence-electron chi connectivity index (χ0n) is 14.8. The minimum Gasteiger partial charge on any atom is -0.493 e. The maximum Gasteiger partial charge on any atom is 0.270 e. The van der Waals surface area contributed by atoms with Crippen LogP contribution in [-0.4, -0.2) is 42.7 Å². The van der Waals surface area contributed by atoms with Crippen LogP contribution in [0.15, 0.2) is 24.3 Å². The minimum atomic E-state index is 0.0948. The van der Waals surface area contributed by atoms with E-state index in [1.54, 1.807) is 14.2 Å². The lowest BCUT2D eigenvalue weighted by Crippen LogP contribution is -2.34. The van der Waals surface area contributed by atoms with Crippen LogP contribution in [0.2, 0.25) is 0 Å². The van der Waals surface area contributed by atoms with Gasteiger partial charge in [0.1, 0.15) is 5.69 Å². The molecule has 0 radical (unpaired) electrons. The van der Waals surface area contributed by atoms with Gasteiger partial charge in [-0.25, -0.2) is 0 Å². The second kappa shape index (κ2) is 6.59. The van der Waals surface area contributed by atoms with E-state index in [2.05, 4.69) is 0 Å². The summed E-state index contributed by atoms with van der Waals surface area (Å²) in [4.78, 5) is 14.8. The van der Waals surface area contributed by atoms with Crippen LogP contribution >= 0.6 is 0 Å². The maximum absolute atomic E-state index is 12.8. The fourth-order valence-electron chi connectivity index (χ4n) is 3.24. The Morgan fingerprint density at radius 3 is 1.96 bits per heavy atom. The smallest absolute Gasteiger partial charge is 0.270 e. The summed E-state index contributed by atoms with van der Waals surface area (Å²) < 4.78 is 12.7. The van der Waals surface area contributed by atoms with Gasteiger partial charge in [-0.3, -0.25) is 4.79 Å². The largest absolute Gasteiger partial charge is 0.493 e. The Bertz CT molecular complexity index is 729. The Labute approximate surface area is 142 Å². The van der Waals surface area contributed by atoms with Crippen molar-refractivity contribution in [1.82, 2.24) is 9.47 Å². The topological polar surface area (TPSA) is 43.7 Å². The Balaban J connectivity index is 1.83. The first-order chi connectivity index (χ1) is 11.5. The Kier molecular flexibility index (Phi) is 4.51. The molecule has 24 heavy (non-hydrogen) atoms. The summed E-state index contributed by atoms with van der Waals surface area (Å²) >= 11 is 0. The van der Waals surface area contributed by atoms with Crippen molar-refractivity contribution in [3.63, 3.8) is 0 Å². The van der Waals surface area contributed by atoms with Crippen molar-refractivity contribution in [2.75, 3.05) is 27.3 Å². The number of rotatable bonds is 3. The van der Waals surface area contributed by atoms with Crippen molar-refractivity contribution >= 4 is 5.91 Å². The van der Waals surface area contributed by atoms with Crippen LogP contribution in [0.25, 0.3) is 0 Å². The summed E-state index contributed by atoms with van der Waals surface area (Å²) in [6.07, 6.45) is 1.65. The molecule has 1 amide bonds. The first-order valence-electron chi connectivity index (χ1n) is 8.20. The highest BCUT2D eigenvalue weighted by Crippen LogP contribution is 2.32. The van der Waals surface area contributed by atoms with Gasteiger partial charge in [0.25, 0.3) is 5.91 Å². The summed E-state index contributed by atoms with van der Waals surface area (Å²) in [6, 6.07) is 7.96. The van der Waals surface area contributed by atoms with Crippen molar-refractivity contribution in [3.8, 4) is 11.5 Å². The molecule has 1 aromatic heterocycles. The molecule has 0 spiro atoms. The van der Waals surface area contributed by atoms with Crippen molar-refractivity contribution in [2.24, 2.45) is 7.05 Å². The van der Waals surface area contributed by atoms with E-state index < -0.39 is 0 Å². The third-order valence-corrected chi connectivity index (χ3v) is 4.89. The van der Waals surface area contributed by atoms with Crippen LogP contribution in [0.4, 0.5) is 0 Å². The van der Waals surface area contributed by atoms with Gasteiger partial charge in [-0.05, 0) is 55.2 Å². The van der Waals surface area contributed by atoms with Crippen molar-refractivity contribution in [3.05, 3.63) is 46.8 Å². The number of amides is 1. The quantitative estimate of drug-likeness (QED) is 0.870. The van der Waals surface area contributed by atoms with Crippen LogP contribution < -0.4 is 9.47 Å². The minimum absolute atomic E-state index is 0.0948. The third kappa shape index (κ3) is 2.86. The van der Waals surface area contributed by atoms with Gasteiger partial charge in [-0.1, -0.05) is 0 Å². The van der Waals surface area contributed by atoms with Gasteiger partial charge in [0.05, 0.1) is 14.2 Å². The normalized spacial score (nSPS) is 14.1. The predicted octanol–water partition coefficient (Wildman–Crippen LogP) is 2.59. The number of carbonyl (C=O) groups is 1. The summed E-state index contributed by atoms with van der Waals surface area (Å²) in [5, 5.41) is 0. The molecule has 0 fully saturated rings. The first-order valence-corrected chi connectivity index (χ1v) is 8.20. The number of carbonyl (C=O) groups excluding carboxylic acids is 1. The fourth-order valence-corrected chi connectivity index (χ4v) is 3.24. The molecule has 1 aliphatic heterocycles. The number of nitrogens with zero attached hydrogens (tertiary/aromatic N) is 2. The molecule has 0 atom stereocenters. The van der Waals surface area contributed by atoms with Gasteiger partial charge in [-0.15, -0.1) is 0 Å². The van der Waals surface area contributed by atoms with E-state index in [0.717, 1.165) is 35.7 Å². The first kappa shape index (κ1) is 16.4. The molecule has 1 aromatic carbocycles. The van der Waals surface area contributed by atoms with E-state index >= 15 is 0 Å². The number of hydrogen-bond acceptors (Lipinski definition) is 3. The van der Waals surface area contributed by atoms with E-state index in [9.17, 15) is 4.79 Å². The summed E-state index contributed by atoms with van der Waals surface area (Å²) in [6.45, 7) is 3.44. The maximum atomic E-state index is 12.8. The van der Waals surface area contributed by atoms with Crippen LogP contribution in [0.3, 0.4) is 0 Å². The number of methoxy groups -OCH3 is 2. The molecule has 5 nitrogen and oxygen atoms in total. The summed E-state index contributed by atoms with van der Waals surface area (Å²) in [5.74, 6) is 1.58. The van der Waals surface area contributed by atoms with Crippen LogP contribution in [0.5, 0.6) is 11.5 Å². The zero-order valence-corrected chi connectivity index (χ0v) is 14.8. The molecule has 0 aliphatic carbocycles. The molecule has 0 saturated heterocycles. The van der Waals surface area contributed by atoms with Gasteiger partial charge in [0.2, 0.25) is 0 Å². The monoisotopic (exact) mass is 328 g/mol. The molecule has 0 bridgehead atoms. The standard InChI is InChI=1S/C19H24N2O3/c1-13-5-6-16(20(13)2)19(22)21-9-7-14-11-17(23-3)18(24-4)12-15(14)8-10-21/h5-6,11-12H,7-10H2,1-4H3. The second-order valence-electron chi connectivity index (χ2n) is 6.19. The highest BCUT2D eigenvalue weighted by Gasteiger charge is 2.23. The van der Waals surface area contributed by atoms with Crippen LogP contribution in [-0.2, 0) is 19.9 Å². The zero-order chi connectivity index (χ0) is 17.3. The van der Waals surface area contributed by atoms with Crippen molar-refractivity contribution in [1.29, 1.82) is 0 Å². The second-order valence-corrected chi connectivity index (χ2v) is 6.19. The molecule has 0 N–H and O–H groups in total. The van der Waals surface area contributed by atoms with Gasteiger partial charge in [-0.2, -0.15) is 0 Å². The number of aryl methyl sites for hydroxylation is 1. The highest BCUT2D eigenvalue weighted by atomic mass is 16.5. The molecule has 0 saturated carbocycles. The number of benzene rings is 1. The lowest BCUT2D eigenvalue weighted by Gasteiger charge is -2.20. The van der Waals surface area contributed by atoms with Gasteiger partial charge >= 0.3 is 0 Å². The van der Waals surface area contributed by atoms with Crippen LogP contribution in [0, 0.1) is 6.92 Å². The fraction of sp³-hybridized carbons (Fsp3) is 0.421. The molecular weight excluding hydrogens is 304 g/mol. The predicted molar refractivity (Wildman–Crippen MR) is 93.0 cm³/mol. The number of ether oxygens (including phenoxy) is 2. The Morgan fingerprint density at radius 1 is 1.00 bits per heavy atom. The molecule has 128 valence electrons. The number of fused-ring (bicyclic) bond motifs is 1. The van der Waals surface area contributed by atoms with E-state index in [-0.39, 0.29) is 5.91 Å². The summed E-state index contributed by atoms with van der Waals surface area (Å²) in [5.41, 5.74) is 4.29. The van der Waals surface area contributed by atoms with Gasteiger partial charge in [0.15, 0.2) is 11.5 Å². The van der Waals surface area contributed by atoms with E-state index in [4.69, 9.17) is 9.47 Å². The summed E-state index contributed by atoms with van der Waals surface area (Å²) in [7, 11) is 5.23. The lowest BCUT2D eigenvalue weighted by molar-refractivity contribution is 0.0753. The number of aromatic nitrogens is 1. The van der Waals surface area contributed by atoms with Crippen LogP contribution in [0.1, 0.15) is 27.3 Å². The molecule has 2 heterocycles. The lowest BCUT2D eigenvalue weighted by atomic mass is 10.0. The van der Waals surface area contributed by atoms with Gasteiger partial charge < -0.3 is 18.9 Å². The van der Waals surface area contributed by atoms with E-state index in [1.165, 1.54) is 11.1 Å².